The van der Waals surface area contributed by atoms with Crippen molar-refractivity contribution < 1.29 is 28.5 Å². The van der Waals surface area contributed by atoms with Crippen LogP contribution in [0.2, 0.25) is 0 Å². The number of pyridine rings is 1. The molecule has 0 saturated carbocycles. The van der Waals surface area contributed by atoms with Crippen LogP contribution >= 0.6 is 0 Å². The van der Waals surface area contributed by atoms with Crippen LogP contribution < -0.4 is 0 Å². The normalized spacial score (nSPS) is 19.3. The van der Waals surface area contributed by atoms with Gasteiger partial charge in [-0.05, 0) is 115 Å². The molecule has 0 saturated heterocycles. The van der Waals surface area contributed by atoms with E-state index in [9.17, 15) is 0 Å². The molecule has 0 spiro atoms. The molecular formula is C51H48N4OPt. The van der Waals surface area contributed by atoms with Gasteiger partial charge in [-0.1, -0.05) is 92.8 Å². The Morgan fingerprint density at radius 2 is 1.60 bits per heavy atom. The van der Waals surface area contributed by atoms with Crippen molar-refractivity contribution in [2.24, 2.45) is 4.99 Å². The van der Waals surface area contributed by atoms with Gasteiger partial charge in [-0.3, -0.25) is 4.99 Å². The maximum absolute atomic E-state index is 9.13. The quantitative estimate of drug-likeness (QED) is 0.165. The van der Waals surface area contributed by atoms with Gasteiger partial charge in [0.25, 0.3) is 0 Å². The molecule has 1 aliphatic heterocycles. The maximum Gasteiger partial charge on any atom is 2.00 e. The summed E-state index contributed by atoms with van der Waals surface area (Å²) >= 11 is 0. The Morgan fingerprint density at radius 1 is 0.825 bits per heavy atom. The van der Waals surface area contributed by atoms with Gasteiger partial charge in [0.15, 0.2) is 0 Å². The van der Waals surface area contributed by atoms with E-state index in [4.69, 9.17) is 17.5 Å². The predicted molar refractivity (Wildman–Crippen MR) is 231 cm³/mol. The second kappa shape index (κ2) is 13.3. The van der Waals surface area contributed by atoms with Crippen LogP contribution in [0.25, 0.3) is 55.1 Å². The molecule has 5 aromatic carbocycles. The Kier molecular flexibility index (Phi) is 8.20. The zero-order valence-electron chi connectivity index (χ0n) is 36.0. The van der Waals surface area contributed by atoms with Gasteiger partial charge in [-0.25, -0.2) is 4.98 Å². The molecule has 0 amide bonds. The van der Waals surface area contributed by atoms with Crippen molar-refractivity contribution in [3.63, 3.8) is 0 Å². The monoisotopic (exact) mass is 929 g/mol. The van der Waals surface area contributed by atoms with Crippen LogP contribution in [0.1, 0.15) is 101 Å². The number of hydrogen-bond donors (Lipinski definition) is 0. The molecular weight excluding hydrogens is 880 g/mol. The number of aliphatic imine (C=N–C) groups is 1. The molecule has 1 aliphatic carbocycles. The predicted octanol–water partition coefficient (Wildman–Crippen LogP) is 12.2. The van der Waals surface area contributed by atoms with E-state index in [1.165, 1.54) is 16.5 Å². The van der Waals surface area contributed by atoms with Gasteiger partial charge in [0.1, 0.15) is 17.1 Å². The molecule has 0 unspecified atom stereocenters. The number of aromatic nitrogens is 3. The van der Waals surface area contributed by atoms with Crippen LogP contribution in [0.15, 0.2) is 96.1 Å². The van der Waals surface area contributed by atoms with Crippen molar-refractivity contribution in [1.29, 1.82) is 0 Å². The van der Waals surface area contributed by atoms with E-state index in [1.807, 2.05) is 19.2 Å². The first-order chi connectivity index (χ1) is 27.5. The minimum atomic E-state index is -1.52. The van der Waals surface area contributed by atoms with Gasteiger partial charge in [0.05, 0.1) is 11.6 Å². The SMILES string of the molecule is [2H]C1([2H])C[C@H]2N=C(c3[c-]c(-n4c5[c-]c(-n6c7ccc(C(C)(C)C)cc7c7cccnc76)ccc5c5cc(C)ccc54)cc(C(C)C)c3)O[C@@]2(C)c2cc(C)cc(C)c21.[Pt+2]. The smallest absolute Gasteiger partial charge is 0.508 e. The summed E-state index contributed by atoms with van der Waals surface area (Å²) in [4.78, 5) is 10.1. The van der Waals surface area contributed by atoms with E-state index in [1.54, 1.807) is 0 Å². The third-order valence-electron chi connectivity index (χ3n) is 12.2. The summed E-state index contributed by atoms with van der Waals surface area (Å²) in [6.45, 7) is 19.5. The molecule has 0 radical (unpaired) electrons. The summed E-state index contributed by atoms with van der Waals surface area (Å²) in [7, 11) is 0. The molecule has 288 valence electrons. The van der Waals surface area contributed by atoms with E-state index in [-0.39, 0.29) is 44.9 Å². The van der Waals surface area contributed by atoms with Crippen LogP contribution in [0.5, 0.6) is 0 Å². The first-order valence-corrected chi connectivity index (χ1v) is 19.9. The van der Waals surface area contributed by atoms with E-state index in [0.717, 1.165) is 83.1 Å². The van der Waals surface area contributed by atoms with Crippen molar-refractivity contribution in [2.75, 3.05) is 0 Å². The van der Waals surface area contributed by atoms with Gasteiger partial charge < -0.3 is 13.9 Å². The van der Waals surface area contributed by atoms with E-state index in [0.29, 0.717) is 5.90 Å². The van der Waals surface area contributed by atoms with Crippen molar-refractivity contribution in [3.8, 4) is 11.4 Å². The average molecular weight is 930 g/mol. The second-order valence-electron chi connectivity index (χ2n) is 17.6. The third-order valence-corrected chi connectivity index (χ3v) is 12.2. The topological polar surface area (TPSA) is 44.3 Å². The number of aryl methyl sites for hydroxylation is 3. The molecule has 6 heteroatoms. The molecule has 8 aromatic rings. The molecule has 3 aromatic heterocycles. The van der Waals surface area contributed by atoms with Crippen LogP contribution in [0.4, 0.5) is 0 Å². The Bertz CT molecular complexity index is 3080. The molecule has 2 aliphatic rings. The summed E-state index contributed by atoms with van der Waals surface area (Å²) in [5, 5.41) is 4.54. The van der Waals surface area contributed by atoms with E-state index in [2.05, 4.69) is 156 Å². The largest absolute Gasteiger partial charge is 2.00 e. The van der Waals surface area contributed by atoms with Crippen molar-refractivity contribution in [1.82, 2.24) is 14.1 Å². The van der Waals surface area contributed by atoms with Gasteiger partial charge in [-0.15, -0.1) is 41.3 Å². The molecule has 0 fully saturated rings. The van der Waals surface area contributed by atoms with Crippen LogP contribution in [0.3, 0.4) is 0 Å². The molecule has 5 nitrogen and oxygen atoms in total. The van der Waals surface area contributed by atoms with Gasteiger partial charge >= 0.3 is 21.1 Å². The zero-order valence-corrected chi connectivity index (χ0v) is 36.3. The fraction of sp³-hybridized carbons (Fsp3) is 0.294. The number of nitrogens with zero attached hydrogens (tertiary/aromatic N) is 4. The standard InChI is InChI=1S/C51H48N4O.Pt/c1-29(2)33-24-34(49-53-47-19-16-38-32(5)21-31(4)23-43(38)51(47,9)56-49)26-37(25-33)54-44-17-12-30(3)22-41(44)39-15-14-36(28-46(39)54)55-45-18-13-35(50(6,7)8)27-42(45)40-11-10-20-52-48(40)55;/h10-15,17-18,20-25,27,29,47H,16,19H2,1-9H3;/q-2;+2/t47-,51+;/m1./s1/i16D2;. The summed E-state index contributed by atoms with van der Waals surface area (Å²) < 4.78 is 29.8. The Morgan fingerprint density at radius 3 is 2.39 bits per heavy atom. The van der Waals surface area contributed by atoms with Crippen LogP contribution in [-0.4, -0.2) is 26.1 Å². The Balaban J connectivity index is 0.00000449. The van der Waals surface area contributed by atoms with Crippen molar-refractivity contribution in [3.05, 3.63) is 148 Å². The van der Waals surface area contributed by atoms with Crippen LogP contribution in [-0.2, 0) is 43.2 Å². The van der Waals surface area contributed by atoms with Gasteiger partial charge in [0, 0.05) is 25.2 Å². The fourth-order valence-corrected chi connectivity index (χ4v) is 9.08. The van der Waals surface area contributed by atoms with E-state index >= 15 is 0 Å². The summed E-state index contributed by atoms with van der Waals surface area (Å²) in [6.07, 6.45) is 0.595. The minimum absolute atomic E-state index is 0. The van der Waals surface area contributed by atoms with E-state index < -0.39 is 12.0 Å². The number of benzene rings is 5. The molecule has 57 heavy (non-hydrogen) atoms. The summed E-state index contributed by atoms with van der Waals surface area (Å²) in [6, 6.07) is 37.9. The number of rotatable bonds is 4. The molecule has 0 N–H and O–H groups in total. The molecule has 2 atom stereocenters. The van der Waals surface area contributed by atoms with Crippen LogP contribution in [0, 0.1) is 32.9 Å². The Labute approximate surface area is 352 Å². The number of fused-ring (bicyclic) bond motifs is 9. The second-order valence-corrected chi connectivity index (χ2v) is 17.6. The molecule has 10 rings (SSSR count). The average Bonchev–Trinajstić information content (AvgIpc) is 3.80. The Hall–Kier alpha value is -4.99. The van der Waals surface area contributed by atoms with Gasteiger partial charge in [-0.2, -0.15) is 6.07 Å². The molecule has 0 bridgehead atoms. The number of hydrogen-bond acceptors (Lipinski definition) is 3. The van der Waals surface area contributed by atoms with Crippen molar-refractivity contribution >= 4 is 49.6 Å². The first-order valence-electron chi connectivity index (χ1n) is 20.9. The first kappa shape index (κ1) is 35.2. The minimum Gasteiger partial charge on any atom is -0.508 e. The number of ether oxygens (including phenoxy) is 1. The van der Waals surface area contributed by atoms with Gasteiger partial charge in [0.2, 0.25) is 0 Å². The van der Waals surface area contributed by atoms with Crippen molar-refractivity contribution in [2.45, 2.75) is 98.1 Å². The fourth-order valence-electron chi connectivity index (χ4n) is 9.08. The third kappa shape index (κ3) is 5.83. The maximum atomic E-state index is 9.13. The summed E-state index contributed by atoms with van der Waals surface area (Å²) in [5.41, 5.74) is 13.0. The summed E-state index contributed by atoms with van der Waals surface area (Å²) in [5.74, 6) is 0.718. The molecule has 4 heterocycles. The zero-order chi connectivity index (χ0) is 40.6.